The van der Waals surface area contributed by atoms with E-state index in [0.29, 0.717) is 74.9 Å². The molecule has 0 atom stereocenters. The number of esters is 2. The molecule has 3 saturated heterocycles. The second-order valence-corrected chi connectivity index (χ2v) is 27.0. The fraction of sp³-hybridized carbons (Fsp3) is 0.684. The molecule has 4 N–H and O–H groups in total. The van der Waals surface area contributed by atoms with E-state index in [0.717, 1.165) is 44.2 Å². The summed E-state index contributed by atoms with van der Waals surface area (Å²) < 4.78 is 45.0. The number of benzene rings is 3. The summed E-state index contributed by atoms with van der Waals surface area (Å²) >= 11 is 6.44. The summed E-state index contributed by atoms with van der Waals surface area (Å²) in [7, 11) is 0. The molecule has 3 aliphatic heterocycles. The van der Waals surface area contributed by atoms with Gasteiger partial charge in [0.1, 0.15) is 5.75 Å². The Kier molecular flexibility index (Phi) is 38.7. The lowest BCUT2D eigenvalue weighted by Gasteiger charge is -2.37. The van der Waals surface area contributed by atoms with Gasteiger partial charge in [0.15, 0.2) is 27.9 Å². The molecule has 3 aromatic carbocycles. The number of carboxylic acid groups (broad SMARTS) is 4. The largest absolute Gasteiger partial charge is 0.492 e. The van der Waals surface area contributed by atoms with Gasteiger partial charge in [-0.15, -0.1) is 0 Å². The number of carbonyl (C=O) groups is 6. The highest BCUT2D eigenvalue weighted by atomic mass is 35.5. The van der Waals surface area contributed by atoms with Crippen LogP contribution in [0.3, 0.4) is 0 Å². The Balaban J connectivity index is 0.000000303. The van der Waals surface area contributed by atoms with Crippen molar-refractivity contribution in [2.75, 3.05) is 59.1 Å². The fourth-order valence-electron chi connectivity index (χ4n) is 13.0. The number of piperidine rings is 3. The first-order valence-electron chi connectivity index (χ1n) is 36.2. The van der Waals surface area contributed by atoms with E-state index in [1.807, 2.05) is 18.2 Å². The lowest BCUT2D eigenvalue weighted by molar-refractivity contribution is -0.174. The lowest BCUT2D eigenvalue weighted by Crippen LogP contribution is -2.49. The minimum Gasteiger partial charge on any atom is -0.492 e. The summed E-state index contributed by atoms with van der Waals surface area (Å²) in [6.07, 6.45) is 32.6. The van der Waals surface area contributed by atoms with Crippen LogP contribution >= 0.6 is 11.6 Å². The van der Waals surface area contributed by atoms with Gasteiger partial charge in [-0.1, -0.05) is 210 Å². The first-order chi connectivity index (χ1) is 45.8. The molecule has 0 amide bonds. The quantitative estimate of drug-likeness (QED) is 0.0235. The highest BCUT2D eigenvalue weighted by Crippen LogP contribution is 2.37. The zero-order valence-corrected chi connectivity index (χ0v) is 59.0. The predicted molar refractivity (Wildman–Crippen MR) is 370 cm³/mol. The van der Waals surface area contributed by atoms with Gasteiger partial charge >= 0.3 is 35.8 Å². The van der Waals surface area contributed by atoms with Crippen LogP contribution in [-0.2, 0) is 70.7 Å². The number of nitrogens with zero attached hydrogens (tertiary/aromatic N) is 3. The Morgan fingerprint density at radius 3 is 1.16 bits per heavy atom. The van der Waals surface area contributed by atoms with Crippen LogP contribution in [0.25, 0.3) is 0 Å². The standard InChI is InChI=1S/C26H40ClNO5.C26H41NO4.C24H35F2NO4/c1-3-5-6-7-8-9-10-11-18-33-23-13-12-21(19-22(23)27)20-28-16-14-26(15-17-28,24(29)30)25(31)32-4-2;1-3-5-6-7-8-9-10-11-12-22-13-15-23(16-14-22)21-27-19-17-26(18-20-27,24(28)29)25(30)31-4-2;1-2-3-4-5-6-7-8-9-10-18-11-12-19(21(26)20(18)25)17-27-15-13-24(14-16-27,22(28)29)23(30)31/h12-13,19H,3-11,14-18,20H2,1-2H3,(H,29,30);13-16H,3-12,17-21H2,1-2H3,(H,28,29);11-12H,2-10,13-17H2,1H3,(H,28,29)(H,30,31). The SMILES string of the molecule is CCCCCCCCCCOc1ccc(CN2CCC(C(=O)O)(C(=O)OCC)CC2)cc1Cl.CCCCCCCCCCc1ccc(CN2CCC(C(=O)O)(C(=O)O)CC2)c(F)c1F.CCCCCCCCCCc1ccc(CN2CCC(C(=O)O)(C(=O)OCC)CC2)cc1. The molecule has 0 spiro atoms. The van der Waals surface area contributed by atoms with Crippen LogP contribution in [0.4, 0.5) is 8.78 Å². The molecule has 16 nitrogen and oxygen atoms in total. The van der Waals surface area contributed by atoms with E-state index < -0.39 is 63.7 Å². The topological polar surface area (TPSA) is 221 Å². The van der Waals surface area contributed by atoms with E-state index in [-0.39, 0.29) is 64.1 Å². The van der Waals surface area contributed by atoms with Gasteiger partial charge in [-0.3, -0.25) is 43.5 Å². The summed E-state index contributed by atoms with van der Waals surface area (Å²) in [6.45, 7) is 15.3. The van der Waals surface area contributed by atoms with E-state index in [1.54, 1.807) is 30.9 Å². The van der Waals surface area contributed by atoms with Crippen molar-refractivity contribution in [1.82, 2.24) is 14.7 Å². The Morgan fingerprint density at radius 2 is 0.747 bits per heavy atom. The van der Waals surface area contributed by atoms with Gasteiger partial charge in [0.05, 0.1) is 24.8 Å². The maximum atomic E-state index is 14.6. The van der Waals surface area contributed by atoms with Gasteiger partial charge in [0.25, 0.3) is 0 Å². The van der Waals surface area contributed by atoms with Crippen LogP contribution in [0.15, 0.2) is 54.6 Å². The Bertz CT molecular complexity index is 2730. The molecule has 19 heteroatoms. The summed E-state index contributed by atoms with van der Waals surface area (Å²) in [5.74, 6) is -7.02. The second-order valence-electron chi connectivity index (χ2n) is 26.6. The Labute approximate surface area is 571 Å². The summed E-state index contributed by atoms with van der Waals surface area (Å²) in [5.41, 5.74) is -0.335. The smallest absolute Gasteiger partial charge is 0.323 e. The van der Waals surface area contributed by atoms with Crippen molar-refractivity contribution >= 4 is 47.4 Å². The van der Waals surface area contributed by atoms with Gasteiger partial charge in [-0.2, -0.15) is 0 Å². The number of rotatable bonds is 42. The minimum absolute atomic E-state index is 0.0572. The third-order valence-corrected chi connectivity index (χ3v) is 19.7. The van der Waals surface area contributed by atoms with E-state index >= 15 is 0 Å². The van der Waals surface area contributed by atoms with Crippen molar-refractivity contribution in [3.8, 4) is 5.75 Å². The maximum absolute atomic E-state index is 14.6. The number of likely N-dealkylation sites (tertiary alicyclic amines) is 3. The van der Waals surface area contributed by atoms with Crippen LogP contribution in [0.5, 0.6) is 5.75 Å². The third-order valence-electron chi connectivity index (χ3n) is 19.4. The number of aliphatic carboxylic acids is 4. The van der Waals surface area contributed by atoms with Gasteiger partial charge in [-0.05, 0) is 119 Å². The van der Waals surface area contributed by atoms with Crippen LogP contribution in [0.2, 0.25) is 5.02 Å². The first kappa shape index (κ1) is 81.7. The molecule has 3 fully saturated rings. The predicted octanol–water partition coefficient (Wildman–Crippen LogP) is 17.1. The molecular weight excluding hydrogens is 1240 g/mol. The van der Waals surface area contributed by atoms with E-state index in [1.165, 1.54) is 140 Å². The Morgan fingerprint density at radius 1 is 0.411 bits per heavy atom. The number of unbranched alkanes of at least 4 members (excludes halogenated alkanes) is 21. The number of hydrogen-bond acceptors (Lipinski definition) is 12. The Hall–Kier alpha value is -5.69. The fourth-order valence-corrected chi connectivity index (χ4v) is 13.2. The molecule has 3 aliphatic rings. The van der Waals surface area contributed by atoms with Crippen molar-refractivity contribution < 1.29 is 72.2 Å². The molecule has 0 aliphatic carbocycles. The van der Waals surface area contributed by atoms with Crippen LogP contribution in [0, 0.1) is 27.9 Å². The van der Waals surface area contributed by atoms with Crippen molar-refractivity contribution in [2.45, 2.75) is 260 Å². The van der Waals surface area contributed by atoms with E-state index in [2.05, 4.69) is 54.8 Å². The van der Waals surface area contributed by atoms with Gasteiger partial charge < -0.3 is 34.6 Å². The van der Waals surface area contributed by atoms with Crippen molar-refractivity contribution in [3.63, 3.8) is 0 Å². The molecule has 3 aromatic rings. The van der Waals surface area contributed by atoms with Crippen LogP contribution in [-0.4, -0.2) is 130 Å². The molecule has 0 radical (unpaired) electrons. The molecule has 0 aromatic heterocycles. The highest BCUT2D eigenvalue weighted by molar-refractivity contribution is 6.32. The zero-order chi connectivity index (χ0) is 69.5. The number of carbonyl (C=O) groups excluding carboxylic acids is 2. The number of halogens is 3. The summed E-state index contributed by atoms with van der Waals surface area (Å²) in [6, 6.07) is 17.9. The average molecular weight is 1350 g/mol. The van der Waals surface area contributed by atoms with Gasteiger partial charge in [-0.25, -0.2) is 8.78 Å². The van der Waals surface area contributed by atoms with E-state index in [9.17, 15) is 58.0 Å². The number of hydrogen-bond donors (Lipinski definition) is 4. The van der Waals surface area contributed by atoms with E-state index in [4.69, 9.17) is 25.8 Å². The second kappa shape index (κ2) is 45.0. The normalized spacial score (nSPS) is 16.1. The first-order valence-corrected chi connectivity index (χ1v) is 36.5. The minimum atomic E-state index is -1.79. The maximum Gasteiger partial charge on any atom is 0.323 e. The van der Waals surface area contributed by atoms with Crippen molar-refractivity contribution in [2.24, 2.45) is 16.2 Å². The van der Waals surface area contributed by atoms with Crippen molar-refractivity contribution in [1.29, 1.82) is 0 Å². The summed E-state index contributed by atoms with van der Waals surface area (Å²) in [5, 5.41) is 38.4. The summed E-state index contributed by atoms with van der Waals surface area (Å²) in [4.78, 5) is 77.0. The van der Waals surface area contributed by atoms with Crippen molar-refractivity contribution in [3.05, 3.63) is 99.1 Å². The van der Waals surface area contributed by atoms with Gasteiger partial charge in [0.2, 0.25) is 0 Å². The zero-order valence-electron chi connectivity index (χ0n) is 58.2. The molecule has 0 saturated carbocycles. The molecule has 0 unspecified atom stereocenters. The van der Waals surface area contributed by atoms with Crippen LogP contribution < -0.4 is 4.74 Å². The third kappa shape index (κ3) is 27.3. The molecule has 534 valence electrons. The molecule has 95 heavy (non-hydrogen) atoms. The molecule has 0 bridgehead atoms. The average Bonchev–Trinajstić information content (AvgIpc) is 0.818. The van der Waals surface area contributed by atoms with Crippen LogP contribution in [0.1, 0.15) is 255 Å². The lowest BCUT2D eigenvalue weighted by atomic mass is 9.78. The number of ether oxygens (including phenoxy) is 3. The molecule has 6 rings (SSSR count). The molecule has 3 heterocycles. The highest BCUT2D eigenvalue weighted by Gasteiger charge is 2.51. The monoisotopic (exact) mass is 1350 g/mol. The number of aryl methyl sites for hydroxylation is 2. The molecular formula is C76H116ClF2N3O13. The number of carboxylic acids is 4. The van der Waals surface area contributed by atoms with Gasteiger partial charge in [0, 0.05) is 64.5 Å².